The van der Waals surface area contributed by atoms with E-state index >= 15 is 0 Å². The van der Waals surface area contributed by atoms with Crippen LogP contribution in [-0.4, -0.2) is 22.0 Å². The Morgan fingerprint density at radius 1 is 1.41 bits per heavy atom. The van der Waals surface area contributed by atoms with E-state index in [9.17, 15) is 9.59 Å². The van der Waals surface area contributed by atoms with Crippen molar-refractivity contribution in [2.75, 3.05) is 5.32 Å². The van der Waals surface area contributed by atoms with Crippen molar-refractivity contribution in [3.63, 3.8) is 0 Å². The van der Waals surface area contributed by atoms with Gasteiger partial charge in [0.25, 0.3) is 0 Å². The van der Waals surface area contributed by atoms with Crippen LogP contribution in [0.4, 0.5) is 5.82 Å². The molecule has 0 bridgehead atoms. The normalized spacial score (nSPS) is 13.8. The Morgan fingerprint density at radius 3 is 2.59 bits per heavy atom. The zero-order valence-corrected chi connectivity index (χ0v) is 10.2. The van der Waals surface area contributed by atoms with Crippen LogP contribution >= 0.6 is 11.6 Å². The van der Waals surface area contributed by atoms with E-state index in [1.807, 2.05) is 0 Å². The van der Waals surface area contributed by atoms with Crippen molar-refractivity contribution < 1.29 is 14.7 Å². The number of aromatic nitrogens is 1. The number of carboxylic acids is 1. The minimum Gasteiger partial charge on any atom is -0.481 e. The number of carboxylic acid groups (broad SMARTS) is 1. The van der Waals surface area contributed by atoms with Gasteiger partial charge in [-0.3, -0.25) is 9.59 Å². The third kappa shape index (κ3) is 3.42. The molecular formula is C11H13ClN2O3. The molecule has 17 heavy (non-hydrogen) atoms. The lowest BCUT2D eigenvalue weighted by Gasteiger charge is -2.15. The Hall–Kier alpha value is -1.62. The molecule has 92 valence electrons. The molecule has 5 nitrogen and oxygen atoms in total. The highest BCUT2D eigenvalue weighted by Gasteiger charge is 2.26. The van der Waals surface area contributed by atoms with Gasteiger partial charge in [0.2, 0.25) is 5.91 Å². The predicted molar refractivity (Wildman–Crippen MR) is 63.8 cm³/mol. The molecule has 0 saturated heterocycles. The van der Waals surface area contributed by atoms with Gasteiger partial charge in [0.1, 0.15) is 0 Å². The number of nitrogens with one attached hydrogen (secondary N) is 1. The highest BCUT2D eigenvalue weighted by molar-refractivity contribution is 6.33. The van der Waals surface area contributed by atoms with Crippen LogP contribution in [0.5, 0.6) is 0 Å². The Morgan fingerprint density at radius 2 is 2.06 bits per heavy atom. The fourth-order valence-corrected chi connectivity index (χ4v) is 1.32. The van der Waals surface area contributed by atoms with E-state index in [1.165, 1.54) is 13.1 Å². The third-order valence-electron chi connectivity index (χ3n) is 2.55. The minimum absolute atomic E-state index is 0.239. The Balaban J connectivity index is 2.73. The molecule has 1 aromatic heterocycles. The summed E-state index contributed by atoms with van der Waals surface area (Å²) in [6, 6.07) is 3.23. The quantitative estimate of drug-likeness (QED) is 0.864. The average molecular weight is 257 g/mol. The minimum atomic E-state index is -1.01. The molecule has 1 aromatic rings. The molecule has 2 N–H and O–H groups in total. The zero-order chi connectivity index (χ0) is 13.0. The average Bonchev–Trinajstić information content (AvgIpc) is 2.30. The van der Waals surface area contributed by atoms with Gasteiger partial charge in [0, 0.05) is 12.1 Å². The number of carbonyl (C=O) groups is 2. The van der Waals surface area contributed by atoms with Crippen LogP contribution in [0, 0.1) is 11.8 Å². The highest BCUT2D eigenvalue weighted by Crippen LogP contribution is 2.20. The first-order chi connectivity index (χ1) is 7.93. The van der Waals surface area contributed by atoms with E-state index in [4.69, 9.17) is 16.7 Å². The second kappa shape index (κ2) is 5.63. The van der Waals surface area contributed by atoms with E-state index < -0.39 is 23.7 Å². The summed E-state index contributed by atoms with van der Waals surface area (Å²) in [5.41, 5.74) is 0. The van der Waals surface area contributed by atoms with Crippen LogP contribution in [0.2, 0.25) is 5.02 Å². The molecule has 0 aliphatic rings. The Kier molecular flexibility index (Phi) is 4.45. The number of aliphatic carboxylic acids is 1. The molecule has 0 aliphatic carbocycles. The summed E-state index contributed by atoms with van der Waals surface area (Å²) < 4.78 is 0. The fraction of sp³-hybridized carbons (Fsp3) is 0.364. The summed E-state index contributed by atoms with van der Waals surface area (Å²) in [6.07, 6.45) is 1.49. The molecule has 0 saturated carbocycles. The third-order valence-corrected chi connectivity index (χ3v) is 2.86. The Bertz CT molecular complexity index is 436. The molecule has 1 amide bonds. The molecule has 2 unspecified atom stereocenters. The van der Waals surface area contributed by atoms with Crippen molar-refractivity contribution in [2.45, 2.75) is 13.8 Å². The lowest BCUT2D eigenvalue weighted by molar-refractivity contribution is -0.145. The highest BCUT2D eigenvalue weighted by atomic mass is 35.5. The largest absolute Gasteiger partial charge is 0.481 e. The number of nitrogens with zero attached hydrogens (tertiary/aromatic N) is 1. The van der Waals surface area contributed by atoms with Crippen LogP contribution in [0.1, 0.15) is 13.8 Å². The second-order valence-electron chi connectivity index (χ2n) is 3.74. The molecule has 2 atom stereocenters. The first-order valence-corrected chi connectivity index (χ1v) is 5.45. The van der Waals surface area contributed by atoms with Gasteiger partial charge in [-0.15, -0.1) is 0 Å². The van der Waals surface area contributed by atoms with Crippen molar-refractivity contribution in [1.29, 1.82) is 0 Å². The maximum atomic E-state index is 11.7. The van der Waals surface area contributed by atoms with Crippen LogP contribution in [0.25, 0.3) is 0 Å². The molecule has 0 aromatic carbocycles. The molecule has 1 heterocycles. The summed E-state index contributed by atoms with van der Waals surface area (Å²) in [5, 5.41) is 11.6. The number of rotatable bonds is 4. The molecule has 0 spiro atoms. The monoisotopic (exact) mass is 256 g/mol. The van der Waals surface area contributed by atoms with E-state index in [1.54, 1.807) is 19.1 Å². The number of amides is 1. The van der Waals surface area contributed by atoms with Crippen LogP contribution in [-0.2, 0) is 9.59 Å². The number of carbonyl (C=O) groups excluding carboxylic acids is 1. The molecule has 0 aliphatic heterocycles. The van der Waals surface area contributed by atoms with E-state index in [2.05, 4.69) is 10.3 Å². The first-order valence-electron chi connectivity index (χ1n) is 5.07. The maximum Gasteiger partial charge on any atom is 0.307 e. The fourth-order valence-electron chi connectivity index (χ4n) is 1.15. The number of halogens is 1. The molecular weight excluding hydrogens is 244 g/mol. The summed E-state index contributed by atoms with van der Waals surface area (Å²) in [5.74, 6) is -2.62. The number of hydrogen-bond donors (Lipinski definition) is 2. The first kappa shape index (κ1) is 13.4. The molecule has 0 fully saturated rings. The summed E-state index contributed by atoms with van der Waals surface area (Å²) >= 11 is 5.82. The molecule has 1 rings (SSSR count). The Labute approximate surface area is 104 Å². The predicted octanol–water partition coefficient (Wildman–Crippen LogP) is 2.03. The second-order valence-corrected chi connectivity index (χ2v) is 4.15. The standard InChI is InChI=1S/C11H13ClN2O3/c1-6(7(2)11(16)17)10(15)14-9-8(12)4-3-5-13-9/h3-7H,1-2H3,(H,16,17)(H,13,14,15). The van der Waals surface area contributed by atoms with E-state index in [0.717, 1.165) is 0 Å². The van der Waals surface area contributed by atoms with Gasteiger partial charge >= 0.3 is 5.97 Å². The van der Waals surface area contributed by atoms with Gasteiger partial charge in [-0.05, 0) is 12.1 Å². The van der Waals surface area contributed by atoms with Gasteiger partial charge in [-0.2, -0.15) is 0 Å². The SMILES string of the molecule is CC(C(=O)O)C(C)C(=O)Nc1ncccc1Cl. The van der Waals surface area contributed by atoms with E-state index in [0.29, 0.717) is 5.02 Å². The summed E-state index contributed by atoms with van der Waals surface area (Å²) in [6.45, 7) is 3.03. The number of hydrogen-bond acceptors (Lipinski definition) is 3. The van der Waals surface area contributed by atoms with Gasteiger partial charge in [0.05, 0.1) is 10.9 Å². The van der Waals surface area contributed by atoms with Crippen LogP contribution in [0.15, 0.2) is 18.3 Å². The lowest BCUT2D eigenvalue weighted by atomic mass is 9.95. The van der Waals surface area contributed by atoms with Crippen molar-refractivity contribution in [3.8, 4) is 0 Å². The van der Waals surface area contributed by atoms with Crippen molar-refractivity contribution >= 4 is 29.3 Å². The van der Waals surface area contributed by atoms with Crippen molar-refractivity contribution in [1.82, 2.24) is 4.98 Å². The summed E-state index contributed by atoms with van der Waals surface area (Å²) in [4.78, 5) is 26.4. The van der Waals surface area contributed by atoms with Gasteiger partial charge in [-0.25, -0.2) is 4.98 Å². The number of pyridine rings is 1. The lowest BCUT2D eigenvalue weighted by Crippen LogP contribution is -2.30. The van der Waals surface area contributed by atoms with Gasteiger partial charge in [-0.1, -0.05) is 25.4 Å². The van der Waals surface area contributed by atoms with Crippen molar-refractivity contribution in [2.24, 2.45) is 11.8 Å². The van der Waals surface area contributed by atoms with E-state index in [-0.39, 0.29) is 5.82 Å². The number of anilines is 1. The molecule has 0 radical (unpaired) electrons. The zero-order valence-electron chi connectivity index (χ0n) is 9.48. The maximum absolute atomic E-state index is 11.7. The topological polar surface area (TPSA) is 79.3 Å². The van der Waals surface area contributed by atoms with Crippen LogP contribution < -0.4 is 5.32 Å². The van der Waals surface area contributed by atoms with Crippen LogP contribution in [0.3, 0.4) is 0 Å². The van der Waals surface area contributed by atoms with Gasteiger partial charge < -0.3 is 10.4 Å². The van der Waals surface area contributed by atoms with Gasteiger partial charge in [0.15, 0.2) is 5.82 Å². The molecule has 6 heteroatoms. The van der Waals surface area contributed by atoms with Crippen molar-refractivity contribution in [3.05, 3.63) is 23.4 Å². The summed E-state index contributed by atoms with van der Waals surface area (Å²) in [7, 11) is 0. The smallest absolute Gasteiger partial charge is 0.307 e.